The summed E-state index contributed by atoms with van der Waals surface area (Å²) in [5, 5.41) is 0. The molecule has 2 heteroatoms. The van der Waals surface area contributed by atoms with Gasteiger partial charge in [0.1, 0.15) is 5.78 Å². The highest BCUT2D eigenvalue weighted by Gasteiger charge is 2.45. The van der Waals surface area contributed by atoms with Crippen molar-refractivity contribution in [2.45, 2.75) is 84.5 Å². The average Bonchev–Trinajstić information content (AvgIpc) is 2.80. The molecule has 0 amide bonds. The predicted molar refractivity (Wildman–Crippen MR) is 84.9 cm³/mol. The zero-order valence-corrected chi connectivity index (χ0v) is 13.9. The van der Waals surface area contributed by atoms with Crippen LogP contribution in [-0.4, -0.2) is 19.5 Å². The van der Waals surface area contributed by atoms with Gasteiger partial charge < -0.3 is 4.74 Å². The average molecular weight is 282 g/mol. The van der Waals surface area contributed by atoms with Crippen LogP contribution in [0.5, 0.6) is 0 Å². The number of hydrogen-bond acceptors (Lipinski definition) is 2. The number of methoxy groups -OCH3 is 1. The summed E-state index contributed by atoms with van der Waals surface area (Å²) in [6.45, 7) is 5.11. The number of rotatable bonds is 11. The fraction of sp³-hybridized carbons (Fsp3) is 0.944. The molecule has 1 aliphatic rings. The van der Waals surface area contributed by atoms with Crippen LogP contribution in [0.2, 0.25) is 0 Å². The Morgan fingerprint density at radius 3 is 2.35 bits per heavy atom. The lowest BCUT2D eigenvalue weighted by Crippen LogP contribution is -2.38. The minimum Gasteiger partial charge on any atom is -0.384 e. The molecule has 0 aromatic heterocycles. The van der Waals surface area contributed by atoms with E-state index < -0.39 is 0 Å². The summed E-state index contributed by atoms with van der Waals surface area (Å²) in [5.41, 5.74) is -0.156. The van der Waals surface area contributed by atoms with E-state index in [0.717, 1.165) is 19.3 Å². The van der Waals surface area contributed by atoms with E-state index in [2.05, 4.69) is 13.8 Å². The van der Waals surface area contributed by atoms with E-state index in [1.807, 2.05) is 0 Å². The van der Waals surface area contributed by atoms with E-state index in [1.54, 1.807) is 7.11 Å². The summed E-state index contributed by atoms with van der Waals surface area (Å²) < 4.78 is 5.37. The van der Waals surface area contributed by atoms with Crippen LogP contribution in [0.15, 0.2) is 0 Å². The molecule has 0 aliphatic heterocycles. The summed E-state index contributed by atoms with van der Waals surface area (Å²) in [4.78, 5) is 12.6. The monoisotopic (exact) mass is 282 g/mol. The zero-order chi connectivity index (χ0) is 14.8. The van der Waals surface area contributed by atoms with Crippen molar-refractivity contribution in [1.29, 1.82) is 0 Å². The van der Waals surface area contributed by atoms with Gasteiger partial charge in [0.15, 0.2) is 0 Å². The van der Waals surface area contributed by atoms with Gasteiger partial charge in [-0.1, -0.05) is 58.8 Å². The van der Waals surface area contributed by atoms with E-state index in [0.29, 0.717) is 18.3 Å². The van der Waals surface area contributed by atoms with Gasteiger partial charge in [-0.25, -0.2) is 0 Å². The Kier molecular flexibility index (Phi) is 8.44. The summed E-state index contributed by atoms with van der Waals surface area (Å²) in [7, 11) is 1.73. The van der Waals surface area contributed by atoms with Crippen molar-refractivity contribution in [3.05, 3.63) is 0 Å². The van der Waals surface area contributed by atoms with Gasteiger partial charge in [-0.15, -0.1) is 0 Å². The first-order valence-electron chi connectivity index (χ1n) is 8.69. The molecule has 0 aromatic rings. The SMILES string of the molecule is CCCCCCCCCC(=O)C1(COC)CCCC1C. The molecule has 2 unspecified atom stereocenters. The second-order valence-electron chi connectivity index (χ2n) is 6.68. The maximum absolute atomic E-state index is 12.6. The molecular weight excluding hydrogens is 248 g/mol. The summed E-state index contributed by atoms with van der Waals surface area (Å²) in [6.07, 6.45) is 13.1. The molecule has 1 aliphatic carbocycles. The van der Waals surface area contributed by atoms with Crippen molar-refractivity contribution in [2.75, 3.05) is 13.7 Å². The molecule has 0 radical (unpaired) electrons. The van der Waals surface area contributed by atoms with Gasteiger partial charge in [0.25, 0.3) is 0 Å². The fourth-order valence-electron chi connectivity index (χ4n) is 3.70. The van der Waals surface area contributed by atoms with Crippen molar-refractivity contribution in [1.82, 2.24) is 0 Å². The molecule has 2 atom stereocenters. The van der Waals surface area contributed by atoms with Crippen LogP contribution in [0.3, 0.4) is 0 Å². The molecule has 20 heavy (non-hydrogen) atoms. The second kappa shape index (κ2) is 9.55. The highest BCUT2D eigenvalue weighted by molar-refractivity contribution is 5.85. The first-order valence-corrected chi connectivity index (χ1v) is 8.69. The van der Waals surface area contributed by atoms with Gasteiger partial charge in [-0.05, 0) is 25.2 Å². The lowest BCUT2D eigenvalue weighted by atomic mass is 9.74. The number of carbonyl (C=O) groups is 1. The molecule has 0 saturated heterocycles. The third-order valence-corrected chi connectivity index (χ3v) is 5.17. The van der Waals surface area contributed by atoms with Gasteiger partial charge in [0.2, 0.25) is 0 Å². The Morgan fingerprint density at radius 2 is 1.80 bits per heavy atom. The van der Waals surface area contributed by atoms with Crippen LogP contribution < -0.4 is 0 Å². The third kappa shape index (κ3) is 4.87. The molecule has 0 aromatic carbocycles. The maximum atomic E-state index is 12.6. The van der Waals surface area contributed by atoms with Gasteiger partial charge >= 0.3 is 0 Å². The minimum atomic E-state index is -0.156. The van der Waals surface area contributed by atoms with Crippen LogP contribution in [0.1, 0.15) is 84.5 Å². The lowest BCUT2D eigenvalue weighted by molar-refractivity contribution is -0.134. The Bertz CT molecular complexity index is 275. The molecule has 1 saturated carbocycles. The number of carbonyl (C=O) groups excluding carboxylic acids is 1. The standard InChI is InChI=1S/C18H34O2/c1-4-5-6-7-8-9-10-13-17(19)18(15-20-3)14-11-12-16(18)2/h16H,4-15H2,1-3H3. The first kappa shape index (κ1) is 17.7. The lowest BCUT2D eigenvalue weighted by Gasteiger charge is -2.31. The van der Waals surface area contributed by atoms with E-state index in [1.165, 1.54) is 51.4 Å². The van der Waals surface area contributed by atoms with Crippen molar-refractivity contribution in [3.63, 3.8) is 0 Å². The Morgan fingerprint density at radius 1 is 1.15 bits per heavy atom. The summed E-state index contributed by atoms with van der Waals surface area (Å²) in [6, 6.07) is 0. The van der Waals surface area contributed by atoms with Crippen molar-refractivity contribution >= 4 is 5.78 Å². The summed E-state index contributed by atoms with van der Waals surface area (Å²) >= 11 is 0. The normalized spacial score (nSPS) is 26.1. The number of ether oxygens (including phenoxy) is 1. The Labute approximate surface area is 125 Å². The van der Waals surface area contributed by atoms with E-state index in [4.69, 9.17) is 4.74 Å². The first-order chi connectivity index (χ1) is 9.67. The molecule has 1 fully saturated rings. The molecule has 118 valence electrons. The molecule has 0 bridgehead atoms. The van der Waals surface area contributed by atoms with E-state index in [9.17, 15) is 4.79 Å². The van der Waals surface area contributed by atoms with Crippen LogP contribution in [0.25, 0.3) is 0 Å². The third-order valence-electron chi connectivity index (χ3n) is 5.17. The molecule has 1 rings (SSSR count). The number of hydrogen-bond donors (Lipinski definition) is 0. The quantitative estimate of drug-likeness (QED) is 0.490. The van der Waals surface area contributed by atoms with E-state index in [-0.39, 0.29) is 5.41 Å². The van der Waals surface area contributed by atoms with Gasteiger partial charge in [-0.2, -0.15) is 0 Å². The van der Waals surface area contributed by atoms with Crippen LogP contribution in [-0.2, 0) is 9.53 Å². The fourth-order valence-corrected chi connectivity index (χ4v) is 3.70. The topological polar surface area (TPSA) is 26.3 Å². The van der Waals surface area contributed by atoms with Gasteiger partial charge in [-0.3, -0.25) is 4.79 Å². The highest BCUT2D eigenvalue weighted by Crippen LogP contribution is 2.45. The van der Waals surface area contributed by atoms with Crippen LogP contribution in [0.4, 0.5) is 0 Å². The minimum absolute atomic E-state index is 0.156. The zero-order valence-electron chi connectivity index (χ0n) is 13.9. The maximum Gasteiger partial charge on any atom is 0.141 e. The number of ketones is 1. The Hall–Kier alpha value is -0.370. The van der Waals surface area contributed by atoms with Crippen molar-refractivity contribution < 1.29 is 9.53 Å². The summed E-state index contributed by atoms with van der Waals surface area (Å²) in [5.74, 6) is 0.970. The molecular formula is C18H34O2. The van der Waals surface area contributed by atoms with Crippen molar-refractivity contribution in [3.8, 4) is 0 Å². The predicted octanol–water partition coefficient (Wildman–Crippen LogP) is 5.15. The molecule has 0 N–H and O–H groups in total. The largest absolute Gasteiger partial charge is 0.384 e. The van der Waals surface area contributed by atoms with Crippen LogP contribution in [0, 0.1) is 11.3 Å². The molecule has 2 nitrogen and oxygen atoms in total. The number of Topliss-reactive ketones (excluding diaryl/α,β-unsaturated/α-hetero) is 1. The highest BCUT2D eigenvalue weighted by atomic mass is 16.5. The second-order valence-corrected chi connectivity index (χ2v) is 6.68. The molecule has 0 spiro atoms. The number of unbranched alkanes of at least 4 members (excludes halogenated alkanes) is 6. The van der Waals surface area contributed by atoms with E-state index >= 15 is 0 Å². The van der Waals surface area contributed by atoms with Crippen molar-refractivity contribution in [2.24, 2.45) is 11.3 Å². The van der Waals surface area contributed by atoms with Gasteiger partial charge in [0, 0.05) is 13.5 Å². The van der Waals surface area contributed by atoms with Gasteiger partial charge in [0.05, 0.1) is 12.0 Å². The Balaban J connectivity index is 2.26. The smallest absolute Gasteiger partial charge is 0.141 e. The molecule has 0 heterocycles. The van der Waals surface area contributed by atoms with Crippen LogP contribution >= 0.6 is 0 Å².